The van der Waals surface area contributed by atoms with Gasteiger partial charge in [0.15, 0.2) is 0 Å². The quantitative estimate of drug-likeness (QED) is 0.793. The molecule has 0 aliphatic rings. The number of carbonyl (C=O) groups excluding carboxylic acids is 2. The Morgan fingerprint density at radius 3 is 2.67 bits per heavy atom. The van der Waals surface area contributed by atoms with Crippen LogP contribution >= 0.6 is 0 Å². The second-order valence-corrected chi connectivity index (χ2v) is 5.75. The topological polar surface area (TPSA) is 68.3 Å². The van der Waals surface area contributed by atoms with Gasteiger partial charge in [0.1, 0.15) is 12.0 Å². The van der Waals surface area contributed by atoms with E-state index in [0.717, 1.165) is 28.7 Å². The Kier molecular flexibility index (Phi) is 6.07. The fourth-order valence-corrected chi connectivity index (χ4v) is 2.29. The Hall–Kier alpha value is -2.69. The number of rotatable bonds is 7. The van der Waals surface area contributed by atoms with Crippen LogP contribution in [-0.4, -0.2) is 17.2 Å². The molecular formula is C19H22N2O3. The van der Waals surface area contributed by atoms with E-state index >= 15 is 0 Å². The van der Waals surface area contributed by atoms with Crippen LogP contribution in [0, 0.1) is 13.8 Å². The molecule has 126 valence electrons. The Balaban J connectivity index is 2.32. The summed E-state index contributed by atoms with van der Waals surface area (Å²) in [6.45, 7) is 5.70. The Morgan fingerprint density at radius 1 is 1.21 bits per heavy atom. The molecule has 0 radical (unpaired) electrons. The van der Waals surface area contributed by atoms with Crippen LogP contribution in [0.5, 0.6) is 11.6 Å². The summed E-state index contributed by atoms with van der Waals surface area (Å²) >= 11 is 0. The molecule has 1 aromatic heterocycles. The molecular weight excluding hydrogens is 304 g/mol. The van der Waals surface area contributed by atoms with E-state index in [1.54, 1.807) is 0 Å². The van der Waals surface area contributed by atoms with Crippen molar-refractivity contribution in [3.05, 3.63) is 52.7 Å². The molecule has 0 spiro atoms. The van der Waals surface area contributed by atoms with E-state index in [0.29, 0.717) is 31.0 Å². The zero-order valence-electron chi connectivity index (χ0n) is 14.3. The lowest BCUT2D eigenvalue weighted by Crippen LogP contribution is -2.19. The number of hydrogen-bond acceptors (Lipinski definition) is 4. The molecule has 5 nitrogen and oxygen atoms in total. The molecule has 1 heterocycles. The molecule has 0 saturated carbocycles. The van der Waals surface area contributed by atoms with Gasteiger partial charge in [0.2, 0.25) is 11.8 Å². The van der Waals surface area contributed by atoms with Gasteiger partial charge in [-0.15, -0.1) is 0 Å². The third-order valence-corrected chi connectivity index (χ3v) is 3.57. The van der Waals surface area contributed by atoms with E-state index < -0.39 is 0 Å². The van der Waals surface area contributed by atoms with Gasteiger partial charge in [0, 0.05) is 31.1 Å². The zero-order chi connectivity index (χ0) is 17.5. The normalized spacial score (nSPS) is 10.3. The molecule has 0 bridgehead atoms. The van der Waals surface area contributed by atoms with Crippen LogP contribution in [0.25, 0.3) is 0 Å². The van der Waals surface area contributed by atoms with E-state index in [1.807, 2.05) is 44.2 Å². The predicted molar refractivity (Wildman–Crippen MR) is 92.1 cm³/mol. The minimum atomic E-state index is -0.108. The summed E-state index contributed by atoms with van der Waals surface area (Å²) in [4.78, 5) is 26.3. The number of benzene rings is 1. The number of aromatic nitrogens is 1. The highest BCUT2D eigenvalue weighted by Gasteiger charge is 2.11. The molecule has 1 amide bonds. The maximum absolute atomic E-state index is 11.2. The van der Waals surface area contributed by atoms with Gasteiger partial charge < -0.3 is 14.8 Å². The van der Waals surface area contributed by atoms with E-state index in [-0.39, 0.29) is 5.91 Å². The molecule has 0 fully saturated rings. The van der Waals surface area contributed by atoms with Crippen molar-refractivity contribution in [2.45, 2.75) is 40.2 Å². The maximum atomic E-state index is 11.2. The summed E-state index contributed by atoms with van der Waals surface area (Å²) in [5.41, 5.74) is 3.66. The van der Waals surface area contributed by atoms with Crippen LogP contribution in [0.4, 0.5) is 0 Å². The van der Waals surface area contributed by atoms with Crippen molar-refractivity contribution in [1.29, 1.82) is 0 Å². The monoisotopic (exact) mass is 326 g/mol. The standard InChI is InChI=1S/C19H22N2O3/c1-13-6-8-16(5-4-10-22)18(11-13)24-19-17(12-20-15(3)23)9-7-14(2)21-19/h6-11H,4-5,12H2,1-3H3,(H,20,23). The van der Waals surface area contributed by atoms with E-state index in [4.69, 9.17) is 4.74 Å². The number of amides is 1. The molecule has 1 N–H and O–H groups in total. The number of hydrogen-bond donors (Lipinski definition) is 1. The van der Waals surface area contributed by atoms with Gasteiger partial charge in [-0.3, -0.25) is 4.79 Å². The first kappa shape index (κ1) is 17.7. The van der Waals surface area contributed by atoms with Gasteiger partial charge in [-0.25, -0.2) is 4.98 Å². The second kappa shape index (κ2) is 8.24. The molecule has 24 heavy (non-hydrogen) atoms. The van der Waals surface area contributed by atoms with Crippen molar-refractivity contribution in [2.24, 2.45) is 0 Å². The van der Waals surface area contributed by atoms with E-state index in [2.05, 4.69) is 10.3 Å². The molecule has 0 aliphatic heterocycles. The average molecular weight is 326 g/mol. The summed E-state index contributed by atoms with van der Waals surface area (Å²) in [6, 6.07) is 9.68. The minimum absolute atomic E-state index is 0.108. The predicted octanol–water partition coefficient (Wildman–Crippen LogP) is 3.26. The van der Waals surface area contributed by atoms with E-state index in [1.165, 1.54) is 6.92 Å². The first-order chi connectivity index (χ1) is 11.5. The highest BCUT2D eigenvalue weighted by molar-refractivity contribution is 5.72. The second-order valence-electron chi connectivity index (χ2n) is 5.75. The van der Waals surface area contributed by atoms with Gasteiger partial charge in [-0.1, -0.05) is 18.2 Å². The lowest BCUT2D eigenvalue weighted by Gasteiger charge is -2.14. The molecule has 0 aliphatic carbocycles. The maximum Gasteiger partial charge on any atom is 0.224 e. The lowest BCUT2D eigenvalue weighted by atomic mass is 10.1. The summed E-state index contributed by atoms with van der Waals surface area (Å²) in [5, 5.41) is 2.76. The molecule has 2 rings (SSSR count). The number of ether oxygens (including phenoxy) is 1. The third-order valence-electron chi connectivity index (χ3n) is 3.57. The van der Waals surface area contributed by atoms with Crippen LogP contribution in [-0.2, 0) is 22.6 Å². The van der Waals surface area contributed by atoms with Crippen molar-refractivity contribution in [1.82, 2.24) is 10.3 Å². The Bertz CT molecular complexity index is 741. The fourth-order valence-electron chi connectivity index (χ4n) is 2.29. The highest BCUT2D eigenvalue weighted by atomic mass is 16.5. The third kappa shape index (κ3) is 4.91. The van der Waals surface area contributed by atoms with Crippen LogP contribution in [0.15, 0.2) is 30.3 Å². The van der Waals surface area contributed by atoms with Gasteiger partial charge in [-0.05, 0) is 43.5 Å². The minimum Gasteiger partial charge on any atom is -0.438 e. The summed E-state index contributed by atoms with van der Waals surface area (Å²) in [6.07, 6.45) is 1.96. The van der Waals surface area contributed by atoms with Crippen molar-refractivity contribution in [2.75, 3.05) is 0 Å². The Morgan fingerprint density at radius 2 is 1.96 bits per heavy atom. The van der Waals surface area contributed by atoms with Gasteiger partial charge >= 0.3 is 0 Å². The Labute approximate surface area is 142 Å². The first-order valence-corrected chi connectivity index (χ1v) is 7.91. The van der Waals surface area contributed by atoms with Crippen LogP contribution < -0.4 is 10.1 Å². The van der Waals surface area contributed by atoms with Crippen molar-refractivity contribution < 1.29 is 14.3 Å². The number of aldehydes is 1. The largest absolute Gasteiger partial charge is 0.438 e. The fraction of sp³-hybridized carbons (Fsp3) is 0.316. The summed E-state index contributed by atoms with van der Waals surface area (Å²) < 4.78 is 6.05. The smallest absolute Gasteiger partial charge is 0.224 e. The average Bonchev–Trinajstić information content (AvgIpc) is 2.53. The molecule has 5 heteroatoms. The number of nitrogens with zero attached hydrogens (tertiary/aromatic N) is 1. The van der Waals surface area contributed by atoms with Crippen molar-refractivity contribution in [3.63, 3.8) is 0 Å². The highest BCUT2D eigenvalue weighted by Crippen LogP contribution is 2.29. The first-order valence-electron chi connectivity index (χ1n) is 7.91. The van der Waals surface area contributed by atoms with Crippen LogP contribution in [0.2, 0.25) is 0 Å². The summed E-state index contributed by atoms with van der Waals surface area (Å²) in [7, 11) is 0. The number of aryl methyl sites for hydroxylation is 3. The van der Waals surface area contributed by atoms with Crippen LogP contribution in [0.3, 0.4) is 0 Å². The molecule has 0 atom stereocenters. The summed E-state index contributed by atoms with van der Waals surface area (Å²) in [5.74, 6) is 1.06. The lowest BCUT2D eigenvalue weighted by molar-refractivity contribution is -0.119. The number of nitrogens with one attached hydrogen (secondary N) is 1. The van der Waals surface area contributed by atoms with Gasteiger partial charge in [0.05, 0.1) is 0 Å². The molecule has 0 unspecified atom stereocenters. The zero-order valence-corrected chi connectivity index (χ0v) is 14.3. The van der Waals surface area contributed by atoms with E-state index in [9.17, 15) is 9.59 Å². The number of carbonyl (C=O) groups is 2. The molecule has 2 aromatic rings. The van der Waals surface area contributed by atoms with Crippen molar-refractivity contribution in [3.8, 4) is 11.6 Å². The van der Waals surface area contributed by atoms with Crippen molar-refractivity contribution >= 4 is 12.2 Å². The van der Waals surface area contributed by atoms with Gasteiger partial charge in [-0.2, -0.15) is 0 Å². The molecule has 0 saturated heterocycles. The van der Waals surface area contributed by atoms with Gasteiger partial charge in [0.25, 0.3) is 0 Å². The molecule has 1 aromatic carbocycles. The number of pyridine rings is 1. The SMILES string of the molecule is CC(=O)NCc1ccc(C)nc1Oc1cc(C)ccc1CCC=O. The van der Waals surface area contributed by atoms with Crippen LogP contribution in [0.1, 0.15) is 35.7 Å².